The van der Waals surface area contributed by atoms with Gasteiger partial charge in [0.05, 0.1) is 13.2 Å². The van der Waals surface area contributed by atoms with Crippen LogP contribution in [0.4, 0.5) is 0 Å². The van der Waals surface area contributed by atoms with Crippen LogP contribution < -0.4 is 21.3 Å². The van der Waals surface area contributed by atoms with E-state index in [1.54, 1.807) is 62.4 Å². The summed E-state index contributed by atoms with van der Waals surface area (Å²) in [5, 5.41) is 33.4. The Morgan fingerprint density at radius 2 is 0.935 bits per heavy atom. The molecular weight excluding hydrogens is 592 g/mol. The van der Waals surface area contributed by atoms with Crippen molar-refractivity contribution in [3.63, 3.8) is 0 Å². The first-order valence-electron chi connectivity index (χ1n) is 15.7. The molecule has 0 unspecified atom stereocenters. The first-order chi connectivity index (χ1) is 22.0. The molecule has 0 heterocycles. The summed E-state index contributed by atoms with van der Waals surface area (Å²) in [5.41, 5.74) is 1.37. The number of likely N-dealkylation sites (N-methyl/N-ethyl adjacent to an activating group) is 2. The average Bonchev–Trinajstić information content (AvgIpc) is 3.08. The molecule has 2 aromatic carbocycles. The number of benzene rings is 2. The van der Waals surface area contributed by atoms with E-state index in [9.17, 15) is 29.4 Å². The van der Waals surface area contributed by atoms with Crippen LogP contribution in [0.25, 0.3) is 0 Å². The number of carbonyl (C=O) groups is 4. The SMILES string of the molecule is CC[C@H](C)[C@H](NC(=O)[C@H](OCc1ccccc1)[C@H](O)[C@@H](O)[C@@H](OCc1ccccc1)C(=O)N[C@H](C(=O)NC)[C@@H](C)CC)C(=O)NC. The maximum Gasteiger partial charge on any atom is 0.252 e. The predicted molar refractivity (Wildman–Crippen MR) is 173 cm³/mol. The van der Waals surface area contributed by atoms with E-state index in [-0.39, 0.29) is 25.0 Å². The van der Waals surface area contributed by atoms with Crippen molar-refractivity contribution in [2.45, 2.75) is 90.2 Å². The van der Waals surface area contributed by atoms with Crippen molar-refractivity contribution in [2.24, 2.45) is 11.8 Å². The number of rotatable bonds is 19. The van der Waals surface area contributed by atoms with Gasteiger partial charge in [-0.15, -0.1) is 0 Å². The quantitative estimate of drug-likeness (QED) is 0.133. The third kappa shape index (κ3) is 11.2. The molecule has 0 spiro atoms. The molecule has 0 bridgehead atoms. The summed E-state index contributed by atoms with van der Waals surface area (Å²) in [7, 11) is 2.90. The molecule has 12 heteroatoms. The summed E-state index contributed by atoms with van der Waals surface area (Å²) >= 11 is 0. The minimum Gasteiger partial charge on any atom is -0.387 e. The standard InChI is InChI=1S/C34H50N4O8/c1-7-21(3)25(31(41)35-5)37-33(43)29(45-19-23-15-11-9-12-16-23)27(39)28(40)30(46-20-24-17-13-10-14-18-24)34(44)38-26(22(4)8-2)32(42)36-6/h9-18,21-22,25-30,39-40H,7-8,19-20H2,1-6H3,(H,35,41)(H,36,42)(H,37,43)(H,38,44)/t21-,22-,25-,26-,27+,28+,29+,30+/m0/s1. The van der Waals surface area contributed by atoms with Gasteiger partial charge in [0.15, 0.2) is 12.2 Å². The molecule has 8 atom stereocenters. The van der Waals surface area contributed by atoms with Crippen molar-refractivity contribution in [2.75, 3.05) is 14.1 Å². The van der Waals surface area contributed by atoms with E-state index >= 15 is 0 Å². The summed E-state index contributed by atoms with van der Waals surface area (Å²) < 4.78 is 11.8. The number of carbonyl (C=O) groups excluding carboxylic acids is 4. The van der Waals surface area contributed by atoms with Crippen LogP contribution in [0, 0.1) is 11.8 Å². The molecule has 12 nitrogen and oxygen atoms in total. The van der Waals surface area contributed by atoms with Crippen molar-refractivity contribution < 1.29 is 38.9 Å². The van der Waals surface area contributed by atoms with Gasteiger partial charge in [-0.3, -0.25) is 19.2 Å². The molecule has 2 rings (SSSR count). The molecule has 0 saturated carbocycles. The normalized spacial score (nSPS) is 16.4. The van der Waals surface area contributed by atoms with Gasteiger partial charge in [0.2, 0.25) is 11.8 Å². The van der Waals surface area contributed by atoms with Gasteiger partial charge < -0.3 is 41.0 Å². The van der Waals surface area contributed by atoms with Gasteiger partial charge in [-0.2, -0.15) is 0 Å². The highest BCUT2D eigenvalue weighted by Gasteiger charge is 2.43. The first-order valence-corrected chi connectivity index (χ1v) is 15.7. The number of amides is 4. The first kappa shape index (κ1) is 38.3. The lowest BCUT2D eigenvalue weighted by molar-refractivity contribution is -0.171. The molecular formula is C34H50N4O8. The minimum absolute atomic E-state index is 0.120. The fraction of sp³-hybridized carbons (Fsp3) is 0.529. The van der Waals surface area contributed by atoms with Crippen LogP contribution in [0.2, 0.25) is 0 Å². The van der Waals surface area contributed by atoms with Gasteiger partial charge in [-0.1, -0.05) is 101 Å². The summed E-state index contributed by atoms with van der Waals surface area (Å²) in [4.78, 5) is 52.7. The smallest absolute Gasteiger partial charge is 0.252 e. The van der Waals surface area contributed by atoms with E-state index in [0.29, 0.717) is 24.0 Å². The molecule has 4 amide bonds. The second-order valence-electron chi connectivity index (χ2n) is 11.4. The van der Waals surface area contributed by atoms with Crippen LogP contribution in [0.3, 0.4) is 0 Å². The zero-order chi connectivity index (χ0) is 34.2. The zero-order valence-corrected chi connectivity index (χ0v) is 27.6. The van der Waals surface area contributed by atoms with Gasteiger partial charge in [0.1, 0.15) is 24.3 Å². The second kappa shape index (κ2) is 19.6. The molecule has 0 aliphatic rings. The van der Waals surface area contributed by atoms with Crippen molar-refractivity contribution in [1.82, 2.24) is 21.3 Å². The Hall–Kier alpha value is -3.84. The van der Waals surface area contributed by atoms with Crippen molar-refractivity contribution in [1.29, 1.82) is 0 Å². The number of aliphatic hydroxyl groups is 2. The molecule has 0 saturated heterocycles. The molecule has 0 aliphatic carbocycles. The van der Waals surface area contributed by atoms with Crippen LogP contribution >= 0.6 is 0 Å². The van der Waals surface area contributed by atoms with E-state index in [1.165, 1.54) is 14.1 Å². The monoisotopic (exact) mass is 642 g/mol. The van der Waals surface area contributed by atoms with Crippen LogP contribution in [0.1, 0.15) is 51.7 Å². The number of hydrogen-bond donors (Lipinski definition) is 6. The van der Waals surface area contributed by atoms with Gasteiger partial charge in [-0.05, 0) is 23.0 Å². The molecule has 0 aliphatic heterocycles. The van der Waals surface area contributed by atoms with Crippen LogP contribution in [0.5, 0.6) is 0 Å². The Balaban J connectivity index is 2.45. The minimum atomic E-state index is -1.99. The third-order valence-electron chi connectivity index (χ3n) is 8.11. The maximum atomic E-state index is 13.7. The van der Waals surface area contributed by atoms with Gasteiger partial charge >= 0.3 is 0 Å². The fourth-order valence-corrected chi connectivity index (χ4v) is 4.72. The van der Waals surface area contributed by atoms with Crippen molar-refractivity contribution in [3.05, 3.63) is 71.8 Å². The van der Waals surface area contributed by atoms with Crippen LogP contribution in [-0.4, -0.2) is 84.4 Å². The van der Waals surface area contributed by atoms with E-state index < -0.39 is 60.1 Å². The van der Waals surface area contributed by atoms with E-state index in [0.717, 1.165) is 0 Å². The average molecular weight is 643 g/mol. The van der Waals surface area contributed by atoms with E-state index in [2.05, 4.69) is 21.3 Å². The van der Waals surface area contributed by atoms with Crippen molar-refractivity contribution in [3.8, 4) is 0 Å². The molecule has 46 heavy (non-hydrogen) atoms. The van der Waals surface area contributed by atoms with Crippen molar-refractivity contribution >= 4 is 23.6 Å². The Morgan fingerprint density at radius 3 is 1.22 bits per heavy atom. The summed E-state index contributed by atoms with van der Waals surface area (Å²) in [6.07, 6.45) is -6.27. The van der Waals surface area contributed by atoms with E-state index in [1.807, 2.05) is 26.0 Å². The number of aliphatic hydroxyl groups excluding tert-OH is 2. The Bertz CT molecular complexity index is 1140. The lowest BCUT2D eigenvalue weighted by Crippen LogP contribution is -2.60. The largest absolute Gasteiger partial charge is 0.387 e. The molecule has 2 aromatic rings. The number of ether oxygens (including phenoxy) is 2. The molecule has 0 aromatic heterocycles. The molecule has 6 N–H and O–H groups in total. The molecule has 0 fully saturated rings. The highest BCUT2D eigenvalue weighted by molar-refractivity contribution is 5.91. The predicted octanol–water partition coefficient (Wildman–Crippen LogP) is 1.43. The zero-order valence-electron chi connectivity index (χ0n) is 27.6. The van der Waals surface area contributed by atoms with Crippen LogP contribution in [0.15, 0.2) is 60.7 Å². The van der Waals surface area contributed by atoms with Gasteiger partial charge in [-0.25, -0.2) is 0 Å². The van der Waals surface area contributed by atoms with Gasteiger partial charge in [0.25, 0.3) is 11.8 Å². The topological polar surface area (TPSA) is 175 Å². The summed E-state index contributed by atoms with van der Waals surface area (Å²) in [5.74, 6) is -3.13. The van der Waals surface area contributed by atoms with E-state index in [4.69, 9.17) is 9.47 Å². The summed E-state index contributed by atoms with van der Waals surface area (Å²) in [6, 6.07) is 15.9. The number of hydrogen-bond acceptors (Lipinski definition) is 8. The molecule has 0 radical (unpaired) electrons. The Morgan fingerprint density at radius 1 is 0.609 bits per heavy atom. The molecule has 254 valence electrons. The Kier molecular flexibility index (Phi) is 16.4. The fourth-order valence-electron chi connectivity index (χ4n) is 4.72. The van der Waals surface area contributed by atoms with Crippen LogP contribution in [-0.2, 0) is 41.9 Å². The third-order valence-corrected chi connectivity index (χ3v) is 8.11. The Labute approximate surface area is 271 Å². The highest BCUT2D eigenvalue weighted by atomic mass is 16.5. The van der Waals surface area contributed by atoms with Gasteiger partial charge in [0, 0.05) is 14.1 Å². The maximum absolute atomic E-state index is 13.7. The summed E-state index contributed by atoms with van der Waals surface area (Å²) in [6.45, 7) is 7.09. The second-order valence-corrected chi connectivity index (χ2v) is 11.4. The highest BCUT2D eigenvalue weighted by Crippen LogP contribution is 2.18. The lowest BCUT2D eigenvalue weighted by atomic mass is 9.95. The number of nitrogens with one attached hydrogen (secondary N) is 4. The lowest BCUT2D eigenvalue weighted by Gasteiger charge is -2.33.